The van der Waals surface area contributed by atoms with Crippen LogP contribution in [-0.4, -0.2) is 33.5 Å². The molecule has 0 fully saturated rings. The Kier molecular flexibility index (Phi) is 5.93. The van der Waals surface area contributed by atoms with Crippen molar-refractivity contribution in [3.05, 3.63) is 57.6 Å². The lowest BCUT2D eigenvalue weighted by Crippen LogP contribution is -2.28. The first-order chi connectivity index (χ1) is 13.0. The summed E-state index contributed by atoms with van der Waals surface area (Å²) in [5.41, 5.74) is 2.43. The van der Waals surface area contributed by atoms with E-state index >= 15 is 0 Å². The number of benzene rings is 2. The summed E-state index contributed by atoms with van der Waals surface area (Å²) < 4.78 is 6.77. The van der Waals surface area contributed by atoms with Gasteiger partial charge in [-0.25, -0.2) is 9.48 Å². The molecule has 0 saturated heterocycles. The number of hydrogen-bond donors (Lipinski definition) is 1. The number of fused-ring (bicyclic) bond motifs is 1. The second-order valence-electron chi connectivity index (χ2n) is 5.70. The predicted octanol–water partition coefficient (Wildman–Crippen LogP) is 3.23. The van der Waals surface area contributed by atoms with Gasteiger partial charge in [-0.3, -0.25) is 4.79 Å². The normalized spacial score (nSPS) is 10.8. The van der Waals surface area contributed by atoms with Gasteiger partial charge in [0.05, 0.1) is 11.1 Å². The molecule has 0 aliphatic heterocycles. The summed E-state index contributed by atoms with van der Waals surface area (Å²) in [6.45, 7) is 2.44. The summed E-state index contributed by atoms with van der Waals surface area (Å²) in [6.07, 6.45) is 0. The zero-order valence-electron chi connectivity index (χ0n) is 14.4. The van der Waals surface area contributed by atoms with Crippen molar-refractivity contribution in [2.75, 3.05) is 6.61 Å². The number of esters is 1. The van der Waals surface area contributed by atoms with E-state index in [1.54, 1.807) is 41.1 Å². The number of nitrogens with zero attached hydrogens (tertiary/aromatic N) is 3. The Balaban J connectivity index is 1.54. The lowest BCUT2D eigenvalue weighted by Gasteiger charge is -2.08. The molecule has 3 aromatic rings. The molecule has 3 rings (SSSR count). The van der Waals surface area contributed by atoms with Gasteiger partial charge in [-0.15, -0.1) is 5.10 Å². The summed E-state index contributed by atoms with van der Waals surface area (Å²) in [5.74, 6) is -1.05. The number of carbonyl (C=O) groups is 2. The topological polar surface area (TPSA) is 86.1 Å². The van der Waals surface area contributed by atoms with Gasteiger partial charge in [0.15, 0.2) is 6.61 Å². The summed E-state index contributed by atoms with van der Waals surface area (Å²) in [4.78, 5) is 24.0. The first-order valence-electron chi connectivity index (χ1n) is 8.19. The van der Waals surface area contributed by atoms with Crippen LogP contribution in [0.4, 0.5) is 0 Å². The number of amides is 1. The van der Waals surface area contributed by atoms with Crippen LogP contribution >= 0.6 is 23.2 Å². The van der Waals surface area contributed by atoms with E-state index < -0.39 is 18.5 Å². The minimum Gasteiger partial charge on any atom is -0.452 e. The second kappa shape index (κ2) is 8.37. The maximum absolute atomic E-state index is 12.1. The molecule has 0 unspecified atom stereocenters. The maximum atomic E-state index is 12.1. The van der Waals surface area contributed by atoms with Crippen molar-refractivity contribution in [2.45, 2.75) is 20.0 Å². The number of rotatable bonds is 6. The second-order valence-corrected chi connectivity index (χ2v) is 6.54. The van der Waals surface area contributed by atoms with Crippen LogP contribution < -0.4 is 5.32 Å². The van der Waals surface area contributed by atoms with Crippen molar-refractivity contribution in [1.29, 1.82) is 0 Å². The highest BCUT2D eigenvalue weighted by molar-refractivity contribution is 6.35. The smallest absolute Gasteiger partial charge is 0.338 e. The molecular formula is C18H16Cl2N4O3. The third-order valence-corrected chi connectivity index (χ3v) is 4.46. The molecule has 0 bridgehead atoms. The highest BCUT2D eigenvalue weighted by Gasteiger charge is 2.13. The van der Waals surface area contributed by atoms with Gasteiger partial charge >= 0.3 is 5.97 Å². The molecule has 1 heterocycles. The molecule has 27 heavy (non-hydrogen) atoms. The monoisotopic (exact) mass is 406 g/mol. The molecule has 0 aliphatic rings. The van der Waals surface area contributed by atoms with Crippen molar-refractivity contribution < 1.29 is 14.3 Å². The molecule has 9 heteroatoms. The van der Waals surface area contributed by atoms with Gasteiger partial charge in [0.2, 0.25) is 0 Å². The fourth-order valence-electron chi connectivity index (χ4n) is 2.46. The Morgan fingerprint density at radius 3 is 2.74 bits per heavy atom. The predicted molar refractivity (Wildman–Crippen MR) is 102 cm³/mol. The minimum absolute atomic E-state index is 0.207. The van der Waals surface area contributed by atoms with Crippen LogP contribution in [-0.2, 0) is 22.6 Å². The van der Waals surface area contributed by atoms with E-state index in [1.165, 1.54) is 0 Å². The van der Waals surface area contributed by atoms with E-state index in [9.17, 15) is 9.59 Å². The summed E-state index contributed by atoms with van der Waals surface area (Å²) in [6, 6.07) is 9.94. The molecular weight excluding hydrogens is 391 g/mol. The molecule has 140 valence electrons. The van der Waals surface area contributed by atoms with Crippen LogP contribution in [0.25, 0.3) is 11.0 Å². The fourth-order valence-corrected chi connectivity index (χ4v) is 2.93. The molecule has 2 aromatic carbocycles. The van der Waals surface area contributed by atoms with Gasteiger partial charge in [-0.05, 0) is 42.8 Å². The fraction of sp³-hybridized carbons (Fsp3) is 0.222. The number of aryl methyl sites for hydroxylation is 1. The largest absolute Gasteiger partial charge is 0.452 e. The Bertz CT molecular complexity index is 1000. The van der Waals surface area contributed by atoms with E-state index in [4.69, 9.17) is 27.9 Å². The van der Waals surface area contributed by atoms with Gasteiger partial charge in [0.25, 0.3) is 5.91 Å². The Hall–Kier alpha value is -2.64. The van der Waals surface area contributed by atoms with Crippen LogP contribution in [0, 0.1) is 0 Å². The van der Waals surface area contributed by atoms with Crippen molar-refractivity contribution in [3.8, 4) is 0 Å². The SMILES string of the molecule is CCn1nnc2cc(C(=O)OCC(=O)NCc3ccc(Cl)cc3Cl)ccc21. The number of hydrogen-bond acceptors (Lipinski definition) is 5. The molecule has 0 aliphatic carbocycles. The standard InChI is InChI=1S/C18H16Cl2N4O3/c1-2-24-16-6-4-11(7-15(16)22-23-24)18(26)27-10-17(25)21-9-12-3-5-13(19)8-14(12)20/h3-8H,2,9-10H2,1H3,(H,21,25). The first-order valence-corrected chi connectivity index (χ1v) is 8.94. The highest BCUT2D eigenvalue weighted by atomic mass is 35.5. The zero-order chi connectivity index (χ0) is 19.4. The third kappa shape index (κ3) is 4.56. The number of nitrogens with one attached hydrogen (secondary N) is 1. The lowest BCUT2D eigenvalue weighted by atomic mass is 10.2. The summed E-state index contributed by atoms with van der Waals surface area (Å²) in [5, 5.41) is 11.6. The quantitative estimate of drug-likeness (QED) is 0.634. The molecule has 0 spiro atoms. The van der Waals surface area contributed by atoms with Crippen molar-refractivity contribution in [1.82, 2.24) is 20.3 Å². The lowest BCUT2D eigenvalue weighted by molar-refractivity contribution is -0.124. The van der Waals surface area contributed by atoms with Crippen LogP contribution in [0.1, 0.15) is 22.8 Å². The average Bonchev–Trinajstić information content (AvgIpc) is 3.07. The van der Waals surface area contributed by atoms with Crippen molar-refractivity contribution in [2.24, 2.45) is 0 Å². The van der Waals surface area contributed by atoms with Crippen LogP contribution in [0.5, 0.6) is 0 Å². The van der Waals surface area contributed by atoms with Crippen LogP contribution in [0.2, 0.25) is 10.0 Å². The molecule has 1 amide bonds. The molecule has 0 radical (unpaired) electrons. The van der Waals surface area contributed by atoms with E-state index in [1.807, 2.05) is 6.92 Å². The minimum atomic E-state index is -0.609. The van der Waals surface area contributed by atoms with Gasteiger partial charge < -0.3 is 10.1 Å². The molecule has 0 atom stereocenters. The number of ether oxygens (including phenoxy) is 1. The van der Waals surface area contributed by atoms with Gasteiger partial charge in [0, 0.05) is 23.1 Å². The third-order valence-electron chi connectivity index (χ3n) is 3.87. The highest BCUT2D eigenvalue weighted by Crippen LogP contribution is 2.20. The van der Waals surface area contributed by atoms with Gasteiger partial charge in [-0.1, -0.05) is 34.5 Å². The van der Waals surface area contributed by atoms with Crippen molar-refractivity contribution >= 4 is 46.1 Å². The number of halogens is 2. The van der Waals surface area contributed by atoms with E-state index in [0.717, 1.165) is 5.52 Å². The molecule has 0 saturated carbocycles. The maximum Gasteiger partial charge on any atom is 0.338 e. The Labute approximate surface area is 165 Å². The molecule has 7 nitrogen and oxygen atoms in total. The van der Waals surface area contributed by atoms with E-state index in [-0.39, 0.29) is 6.54 Å². The first kappa shape index (κ1) is 19.1. The summed E-state index contributed by atoms with van der Waals surface area (Å²) >= 11 is 11.9. The van der Waals surface area contributed by atoms with Crippen LogP contribution in [0.15, 0.2) is 36.4 Å². The van der Waals surface area contributed by atoms with E-state index in [2.05, 4.69) is 15.6 Å². The van der Waals surface area contributed by atoms with Crippen molar-refractivity contribution in [3.63, 3.8) is 0 Å². The molecule has 1 aromatic heterocycles. The number of aromatic nitrogens is 3. The average molecular weight is 407 g/mol. The van der Waals surface area contributed by atoms with Gasteiger partial charge in [-0.2, -0.15) is 0 Å². The number of carbonyl (C=O) groups excluding carboxylic acids is 2. The molecule has 1 N–H and O–H groups in total. The Morgan fingerprint density at radius 2 is 2.00 bits per heavy atom. The van der Waals surface area contributed by atoms with Crippen LogP contribution in [0.3, 0.4) is 0 Å². The Morgan fingerprint density at radius 1 is 1.19 bits per heavy atom. The zero-order valence-corrected chi connectivity index (χ0v) is 15.9. The summed E-state index contributed by atoms with van der Waals surface area (Å²) in [7, 11) is 0. The van der Waals surface area contributed by atoms with Gasteiger partial charge in [0.1, 0.15) is 5.52 Å². The van der Waals surface area contributed by atoms with E-state index in [0.29, 0.717) is 33.2 Å².